The number of nitrogens with zero attached hydrogens (tertiary/aromatic N) is 1. The number of esters is 2. The Labute approximate surface area is 173 Å². The van der Waals surface area contributed by atoms with Crippen molar-refractivity contribution in [2.24, 2.45) is 0 Å². The van der Waals surface area contributed by atoms with Gasteiger partial charge >= 0.3 is 11.9 Å². The third-order valence-electron chi connectivity index (χ3n) is 4.00. The molecular weight excluding hydrogens is 418 g/mol. The van der Waals surface area contributed by atoms with Crippen molar-refractivity contribution in [1.82, 2.24) is 0 Å². The molecule has 1 heterocycles. The third-order valence-corrected chi connectivity index (χ3v) is 4.00. The monoisotopic (exact) mass is 435 g/mol. The molecule has 1 atom stereocenters. The van der Waals surface area contributed by atoms with Crippen molar-refractivity contribution < 1.29 is 44.2 Å². The van der Waals surface area contributed by atoms with Crippen LogP contribution in [0.15, 0.2) is 40.8 Å². The van der Waals surface area contributed by atoms with Crippen LogP contribution in [-0.2, 0) is 23.9 Å². The lowest BCUT2D eigenvalue weighted by Crippen LogP contribution is -2.30. The zero-order valence-electron chi connectivity index (χ0n) is 16.2. The van der Waals surface area contributed by atoms with E-state index in [0.717, 1.165) is 19.1 Å². The normalized spacial score (nSPS) is 16.4. The molecule has 31 heavy (non-hydrogen) atoms. The van der Waals surface area contributed by atoms with E-state index in [1.807, 2.05) is 0 Å². The van der Waals surface area contributed by atoms with Crippen LogP contribution in [0.5, 0.6) is 0 Å². The van der Waals surface area contributed by atoms with Gasteiger partial charge in [-0.25, -0.2) is 9.59 Å². The number of carbonyl (C=O) groups is 4. The van der Waals surface area contributed by atoms with Crippen molar-refractivity contribution in [3.8, 4) is 0 Å². The number of nitro benzene ring substituents is 1. The van der Waals surface area contributed by atoms with E-state index in [9.17, 15) is 39.5 Å². The highest BCUT2D eigenvalue weighted by atomic mass is 16.6. The lowest BCUT2D eigenvalue weighted by Gasteiger charge is -2.18. The first-order valence-corrected chi connectivity index (χ1v) is 8.54. The second-order valence-electron chi connectivity index (χ2n) is 6.30. The molecule has 0 saturated carbocycles. The van der Waals surface area contributed by atoms with Crippen LogP contribution in [0.3, 0.4) is 0 Å². The number of amides is 1. The van der Waals surface area contributed by atoms with Crippen LogP contribution in [0, 0.1) is 10.1 Å². The fourth-order valence-corrected chi connectivity index (χ4v) is 2.59. The first-order valence-electron chi connectivity index (χ1n) is 8.54. The molecule has 0 radical (unpaired) electrons. The lowest BCUT2D eigenvalue weighted by atomic mass is 10.0. The number of cyclic esters (lactones) is 2. The average Bonchev–Trinajstić information content (AvgIpc) is 2.66. The molecule has 1 aliphatic rings. The molecule has 1 aromatic carbocycles. The predicted octanol–water partition coefficient (Wildman–Crippen LogP) is 0.0569. The van der Waals surface area contributed by atoms with Crippen LogP contribution in [-0.4, -0.2) is 56.6 Å². The summed E-state index contributed by atoms with van der Waals surface area (Å²) in [5, 5.41) is 44.3. The van der Waals surface area contributed by atoms with Crippen molar-refractivity contribution in [1.29, 1.82) is 0 Å². The molecule has 1 amide bonds. The van der Waals surface area contributed by atoms with E-state index in [-0.39, 0.29) is 17.1 Å². The number of nitro groups is 1. The van der Waals surface area contributed by atoms with Gasteiger partial charge in [-0.1, -0.05) is 0 Å². The van der Waals surface area contributed by atoms with Gasteiger partial charge < -0.3 is 30.7 Å². The number of allylic oxidation sites excluding steroid dienone is 1. The van der Waals surface area contributed by atoms with E-state index in [0.29, 0.717) is 0 Å². The number of non-ortho nitro benzene ring substituents is 1. The number of ketones is 1. The molecule has 5 N–H and O–H groups in total. The van der Waals surface area contributed by atoms with Gasteiger partial charge in [-0.3, -0.25) is 19.7 Å². The molecule has 0 fully saturated rings. The zero-order valence-corrected chi connectivity index (χ0v) is 16.2. The number of aliphatic hydroxyl groups is 3. The Hall–Kier alpha value is -4.10. The minimum absolute atomic E-state index is 0.0325. The van der Waals surface area contributed by atoms with Crippen LogP contribution < -0.4 is 10.6 Å². The summed E-state index contributed by atoms with van der Waals surface area (Å²) >= 11 is 0. The van der Waals surface area contributed by atoms with E-state index in [1.165, 1.54) is 13.0 Å². The fraction of sp³-hybridized carbons (Fsp3) is 0.222. The van der Waals surface area contributed by atoms with Crippen molar-refractivity contribution in [2.45, 2.75) is 20.0 Å². The average molecular weight is 435 g/mol. The summed E-state index contributed by atoms with van der Waals surface area (Å²) in [5.41, 5.74) is -2.05. The summed E-state index contributed by atoms with van der Waals surface area (Å²) in [6, 6.07) is 3.22. The van der Waals surface area contributed by atoms with Crippen molar-refractivity contribution >= 4 is 40.7 Å². The molecule has 1 unspecified atom stereocenters. The second kappa shape index (κ2) is 9.15. The number of anilines is 2. The van der Waals surface area contributed by atoms with Gasteiger partial charge in [-0.15, -0.1) is 0 Å². The Bertz CT molecular complexity index is 1060. The number of aliphatic hydroxyl groups excluding tert-OH is 3. The Morgan fingerprint density at radius 1 is 1.13 bits per heavy atom. The van der Waals surface area contributed by atoms with Gasteiger partial charge in [0.2, 0.25) is 0 Å². The highest BCUT2D eigenvalue weighted by Crippen LogP contribution is 2.29. The topological polar surface area (TPSA) is 205 Å². The lowest BCUT2D eigenvalue weighted by molar-refractivity contribution is -0.384. The summed E-state index contributed by atoms with van der Waals surface area (Å²) in [5.74, 6) is -5.34. The Morgan fingerprint density at radius 2 is 1.71 bits per heavy atom. The van der Waals surface area contributed by atoms with E-state index in [1.54, 1.807) is 0 Å². The van der Waals surface area contributed by atoms with Crippen LogP contribution in [0.4, 0.5) is 17.1 Å². The molecular formula is C18H17N3O10. The van der Waals surface area contributed by atoms with Crippen LogP contribution in [0.1, 0.15) is 13.8 Å². The second-order valence-corrected chi connectivity index (χ2v) is 6.30. The Morgan fingerprint density at radius 3 is 2.23 bits per heavy atom. The summed E-state index contributed by atoms with van der Waals surface area (Å²) in [4.78, 5) is 57.4. The van der Waals surface area contributed by atoms with Gasteiger partial charge in [-0.2, -0.15) is 0 Å². The minimum Gasteiger partial charge on any atom is -0.506 e. The standard InChI is InChI=1S/C18H17N3O10/c1-7(13-15(25)14(8(2)23)18(28)31-17(13)27)19-9-3-10(5-11(4-9)21(29)30)20-16(26)12(24)6-22/h3-5,12,19,22,24-25H,6H2,1-2H3,(H,20,26). The minimum atomic E-state index is -1.76. The van der Waals surface area contributed by atoms with Crippen molar-refractivity contribution in [3.05, 3.63) is 50.9 Å². The third kappa shape index (κ3) is 5.09. The molecule has 13 heteroatoms. The highest BCUT2D eigenvalue weighted by Gasteiger charge is 2.36. The van der Waals surface area contributed by atoms with Crippen molar-refractivity contribution in [2.75, 3.05) is 17.2 Å². The maximum Gasteiger partial charge on any atom is 0.353 e. The molecule has 0 saturated heterocycles. The molecule has 0 aliphatic carbocycles. The Kier molecular flexibility index (Phi) is 6.84. The number of Topliss-reactive ketones (excluding diaryl/α,β-unsaturated/α-hetero) is 1. The summed E-state index contributed by atoms with van der Waals surface area (Å²) in [7, 11) is 0. The quantitative estimate of drug-likeness (QED) is 0.0966. The molecule has 1 aliphatic heterocycles. The molecule has 1 aromatic rings. The highest BCUT2D eigenvalue weighted by molar-refractivity contribution is 6.23. The van der Waals surface area contributed by atoms with E-state index in [2.05, 4.69) is 15.4 Å². The number of carbonyl (C=O) groups excluding carboxylic acids is 4. The maximum absolute atomic E-state index is 12.0. The number of hydrogen-bond acceptors (Lipinski definition) is 11. The van der Waals surface area contributed by atoms with E-state index in [4.69, 9.17) is 5.11 Å². The van der Waals surface area contributed by atoms with Gasteiger partial charge in [0, 0.05) is 29.2 Å². The smallest absolute Gasteiger partial charge is 0.353 e. The van der Waals surface area contributed by atoms with E-state index >= 15 is 0 Å². The first kappa shape index (κ1) is 23.2. The maximum atomic E-state index is 12.0. The van der Waals surface area contributed by atoms with Gasteiger partial charge in [0.05, 0.1) is 11.5 Å². The molecule has 0 bridgehead atoms. The zero-order chi connectivity index (χ0) is 23.5. The summed E-state index contributed by atoms with van der Waals surface area (Å²) in [6.07, 6.45) is -1.76. The number of ether oxygens (including phenoxy) is 1. The van der Waals surface area contributed by atoms with Crippen LogP contribution >= 0.6 is 0 Å². The number of rotatable bonds is 7. The number of hydrogen-bond donors (Lipinski definition) is 5. The predicted molar refractivity (Wildman–Crippen MR) is 103 cm³/mol. The van der Waals surface area contributed by atoms with Gasteiger partial charge in [-0.05, 0) is 19.9 Å². The summed E-state index contributed by atoms with van der Waals surface area (Å²) < 4.78 is 4.45. The van der Waals surface area contributed by atoms with Crippen LogP contribution in [0.25, 0.3) is 0 Å². The van der Waals surface area contributed by atoms with Gasteiger partial charge in [0.15, 0.2) is 11.9 Å². The molecule has 13 nitrogen and oxygen atoms in total. The van der Waals surface area contributed by atoms with Gasteiger partial charge in [0.1, 0.15) is 16.9 Å². The van der Waals surface area contributed by atoms with Crippen molar-refractivity contribution in [3.63, 3.8) is 0 Å². The van der Waals surface area contributed by atoms with Crippen LogP contribution in [0.2, 0.25) is 0 Å². The number of nitrogens with one attached hydrogen (secondary N) is 2. The molecule has 164 valence electrons. The fourth-order valence-electron chi connectivity index (χ4n) is 2.59. The molecule has 0 aromatic heterocycles. The largest absolute Gasteiger partial charge is 0.506 e. The SMILES string of the molecule is CC(=O)C1=C(O)C(=C(C)Nc2cc(NC(=O)C(O)CO)cc([N+](=O)[O-])c2)C(=O)OC1=O. The number of benzene rings is 1. The summed E-state index contributed by atoms with van der Waals surface area (Å²) in [6.45, 7) is 1.38. The molecule has 0 spiro atoms. The molecule has 2 rings (SSSR count). The van der Waals surface area contributed by atoms with E-state index < -0.39 is 63.9 Å². The first-order chi connectivity index (χ1) is 14.5. The van der Waals surface area contributed by atoms with Gasteiger partial charge in [0.25, 0.3) is 11.6 Å². The Balaban J connectivity index is 2.50.